The normalized spacial score (nSPS) is 10.4. The van der Waals surface area contributed by atoms with Gasteiger partial charge < -0.3 is 0 Å². The van der Waals surface area contributed by atoms with Crippen LogP contribution in [0.5, 0.6) is 0 Å². The zero-order chi connectivity index (χ0) is 41.1. The van der Waals surface area contributed by atoms with Crippen LogP contribution in [-0.4, -0.2) is 40.1 Å². The van der Waals surface area contributed by atoms with Crippen molar-refractivity contribution in [1.29, 1.82) is 0 Å². The predicted molar refractivity (Wildman–Crippen MR) is 230 cm³/mol. The van der Waals surface area contributed by atoms with Crippen molar-refractivity contribution in [1.82, 2.24) is 40.1 Å². The van der Waals surface area contributed by atoms with Gasteiger partial charge in [0.05, 0.1) is 11.4 Å². The third-order valence-corrected chi connectivity index (χ3v) is 7.62. The SMILES string of the molecule is CC(C)(C)c1ncccn1.CC(C)c1ccccc1.CC(C)c1ccccn1.CC(C)c1ccccn1.CC(C)c1cccnn1.CC(C)c1cnccn1. The maximum Gasteiger partial charge on any atom is 0.133 e. The van der Waals surface area contributed by atoms with Crippen LogP contribution in [0.4, 0.5) is 0 Å². The van der Waals surface area contributed by atoms with Crippen LogP contribution in [0.3, 0.4) is 0 Å². The fourth-order valence-corrected chi connectivity index (χ4v) is 4.19. The molecule has 0 bridgehead atoms. The van der Waals surface area contributed by atoms with Crippen LogP contribution >= 0.6 is 0 Å². The van der Waals surface area contributed by atoms with Gasteiger partial charge in [0.25, 0.3) is 0 Å². The zero-order valence-electron chi connectivity index (χ0n) is 35.7. The molecule has 6 aromatic rings. The number of pyridine rings is 2. The third kappa shape index (κ3) is 22.5. The standard InChI is InChI=1S/C9H12.C8H12N2.2C8H11N.2C7H10N2/c1-8(2)9-6-4-3-5-7-9;1-8(2,3)7-9-5-4-6-10-7;2*1-7(2)8-5-3-4-6-9-8;1-6(2)7-5-8-3-4-9-7;1-6(2)7-4-3-5-8-9-7/h3-8H,1-2H3;4-6H,1-3H3;2*3-7H,1-2H3;2*3-6H,1-2H3. The molecule has 0 amide bonds. The Morgan fingerprint density at radius 3 is 1.11 bits per heavy atom. The van der Waals surface area contributed by atoms with Gasteiger partial charge >= 0.3 is 0 Å². The molecule has 5 aromatic heterocycles. The lowest BCUT2D eigenvalue weighted by Crippen LogP contribution is -2.14. The largest absolute Gasteiger partial charge is 0.261 e. The Morgan fingerprint density at radius 1 is 0.382 bits per heavy atom. The Labute approximate surface area is 332 Å². The van der Waals surface area contributed by atoms with Gasteiger partial charge in [-0.05, 0) is 77.6 Å². The van der Waals surface area contributed by atoms with E-state index in [2.05, 4.69) is 154 Å². The van der Waals surface area contributed by atoms with Crippen LogP contribution in [0.2, 0.25) is 0 Å². The van der Waals surface area contributed by atoms with Crippen molar-refractivity contribution in [2.45, 2.75) is 125 Å². The molecule has 0 radical (unpaired) electrons. The molecule has 0 saturated carbocycles. The lowest BCUT2D eigenvalue weighted by Gasteiger charge is -2.14. The number of benzene rings is 1. The summed E-state index contributed by atoms with van der Waals surface area (Å²) in [6.07, 6.45) is 14.1. The second kappa shape index (κ2) is 27.4. The van der Waals surface area contributed by atoms with Crippen LogP contribution in [0, 0.1) is 0 Å². The second-order valence-electron chi connectivity index (χ2n) is 15.3. The van der Waals surface area contributed by atoms with Crippen LogP contribution in [0.15, 0.2) is 135 Å². The van der Waals surface area contributed by atoms with Gasteiger partial charge in [-0.3, -0.25) is 19.9 Å². The zero-order valence-corrected chi connectivity index (χ0v) is 35.7. The molecule has 6 rings (SSSR count). The highest BCUT2D eigenvalue weighted by Gasteiger charge is 2.15. The third-order valence-electron chi connectivity index (χ3n) is 7.62. The number of nitrogens with zero attached hydrogens (tertiary/aromatic N) is 8. The van der Waals surface area contributed by atoms with Crippen molar-refractivity contribution in [2.24, 2.45) is 0 Å². The average Bonchev–Trinajstić information content (AvgIpc) is 3.21. The average molecular weight is 743 g/mol. The fraction of sp³-hybridized carbons (Fsp3) is 0.404. The van der Waals surface area contributed by atoms with E-state index in [1.54, 1.807) is 37.2 Å². The summed E-state index contributed by atoms with van der Waals surface area (Å²) in [5.41, 5.74) is 5.92. The summed E-state index contributed by atoms with van der Waals surface area (Å²) in [6.45, 7) is 27.7. The van der Waals surface area contributed by atoms with E-state index in [-0.39, 0.29) is 5.41 Å². The van der Waals surface area contributed by atoms with Crippen molar-refractivity contribution in [3.8, 4) is 0 Å². The second-order valence-corrected chi connectivity index (χ2v) is 15.3. The van der Waals surface area contributed by atoms with Crippen LogP contribution < -0.4 is 0 Å². The molecule has 55 heavy (non-hydrogen) atoms. The molecule has 5 heterocycles. The van der Waals surface area contributed by atoms with Gasteiger partial charge in [-0.1, -0.05) is 132 Å². The molecular weight excluding hydrogens is 677 g/mol. The first-order valence-electron chi connectivity index (χ1n) is 19.3. The van der Waals surface area contributed by atoms with Gasteiger partial charge in [-0.2, -0.15) is 10.2 Å². The van der Waals surface area contributed by atoms with E-state index in [1.807, 2.05) is 73.1 Å². The van der Waals surface area contributed by atoms with Crippen molar-refractivity contribution < 1.29 is 0 Å². The molecule has 0 aliphatic heterocycles. The van der Waals surface area contributed by atoms with E-state index >= 15 is 0 Å². The Balaban J connectivity index is 0.000000330. The Bertz CT molecular complexity index is 1470. The van der Waals surface area contributed by atoms with Crippen LogP contribution in [-0.2, 0) is 5.41 Å². The van der Waals surface area contributed by atoms with Crippen molar-refractivity contribution in [3.05, 3.63) is 169 Å². The lowest BCUT2D eigenvalue weighted by molar-refractivity contribution is 0.545. The molecule has 294 valence electrons. The number of rotatable bonds is 5. The Morgan fingerprint density at radius 2 is 0.836 bits per heavy atom. The summed E-state index contributed by atoms with van der Waals surface area (Å²) in [4.78, 5) is 24.7. The fourth-order valence-electron chi connectivity index (χ4n) is 4.19. The molecule has 0 spiro atoms. The van der Waals surface area contributed by atoms with E-state index in [4.69, 9.17) is 0 Å². The van der Waals surface area contributed by atoms with E-state index in [9.17, 15) is 0 Å². The van der Waals surface area contributed by atoms with Gasteiger partial charge in [-0.15, -0.1) is 0 Å². The van der Waals surface area contributed by atoms with Gasteiger partial charge in [0.15, 0.2) is 0 Å². The van der Waals surface area contributed by atoms with Gasteiger partial charge in [0, 0.05) is 66.4 Å². The quantitative estimate of drug-likeness (QED) is 0.172. The Kier molecular flexibility index (Phi) is 23.8. The summed E-state index contributed by atoms with van der Waals surface area (Å²) in [5, 5.41) is 7.68. The van der Waals surface area contributed by atoms with Crippen LogP contribution in [0.1, 0.15) is 154 Å². The molecule has 0 aliphatic rings. The highest BCUT2D eigenvalue weighted by molar-refractivity contribution is 5.17. The topological polar surface area (TPSA) is 103 Å². The summed E-state index contributed by atoms with van der Waals surface area (Å²) < 4.78 is 0. The molecule has 0 unspecified atom stereocenters. The summed E-state index contributed by atoms with van der Waals surface area (Å²) >= 11 is 0. The minimum Gasteiger partial charge on any atom is -0.261 e. The predicted octanol–water partition coefficient (Wildman–Crippen LogP) is 12.2. The molecule has 8 nitrogen and oxygen atoms in total. The minimum atomic E-state index is 0.0707. The minimum absolute atomic E-state index is 0.0707. The maximum absolute atomic E-state index is 4.18. The highest BCUT2D eigenvalue weighted by Crippen LogP contribution is 2.16. The highest BCUT2D eigenvalue weighted by atomic mass is 15.1. The van der Waals surface area contributed by atoms with Crippen LogP contribution in [0.25, 0.3) is 0 Å². The van der Waals surface area contributed by atoms with E-state index in [1.165, 1.54) is 5.56 Å². The molecular formula is C47H66N8. The molecule has 8 heteroatoms. The molecule has 1 aromatic carbocycles. The lowest BCUT2D eigenvalue weighted by atomic mass is 9.96. The van der Waals surface area contributed by atoms with Gasteiger partial charge in [0.1, 0.15) is 5.82 Å². The van der Waals surface area contributed by atoms with Crippen molar-refractivity contribution in [3.63, 3.8) is 0 Å². The van der Waals surface area contributed by atoms with Gasteiger partial charge in [-0.25, -0.2) is 9.97 Å². The van der Waals surface area contributed by atoms with E-state index in [0.29, 0.717) is 29.6 Å². The monoisotopic (exact) mass is 743 g/mol. The first-order valence-corrected chi connectivity index (χ1v) is 19.3. The molecule has 0 aliphatic carbocycles. The number of aromatic nitrogens is 8. The van der Waals surface area contributed by atoms with Crippen molar-refractivity contribution in [2.75, 3.05) is 0 Å². The number of hydrogen-bond donors (Lipinski definition) is 0. The smallest absolute Gasteiger partial charge is 0.133 e. The van der Waals surface area contributed by atoms with E-state index < -0.39 is 0 Å². The Hall–Kier alpha value is -5.24. The van der Waals surface area contributed by atoms with Crippen molar-refractivity contribution >= 4 is 0 Å². The molecule has 0 atom stereocenters. The van der Waals surface area contributed by atoms with Gasteiger partial charge in [0.2, 0.25) is 0 Å². The summed E-state index contributed by atoms with van der Waals surface area (Å²) in [5.74, 6) is 3.62. The summed E-state index contributed by atoms with van der Waals surface area (Å²) in [7, 11) is 0. The maximum atomic E-state index is 4.18. The first-order chi connectivity index (χ1) is 26.1. The first kappa shape index (κ1) is 47.8. The van der Waals surface area contributed by atoms with E-state index in [0.717, 1.165) is 28.6 Å². The summed E-state index contributed by atoms with van der Waals surface area (Å²) in [6, 6.07) is 28.2. The number of hydrogen-bond acceptors (Lipinski definition) is 8. The molecule has 0 N–H and O–H groups in total. The molecule has 0 fully saturated rings. The molecule has 0 saturated heterocycles.